The van der Waals surface area contributed by atoms with Gasteiger partial charge in [0.05, 0.1) is 11.4 Å². The quantitative estimate of drug-likeness (QED) is 0.945. The molecule has 0 saturated carbocycles. The highest BCUT2D eigenvalue weighted by Gasteiger charge is 2.26. The Kier molecular flexibility index (Phi) is 3.83. The Morgan fingerprint density at radius 3 is 2.50 bits per heavy atom. The van der Waals surface area contributed by atoms with E-state index in [1.54, 1.807) is 0 Å². The third-order valence-corrected chi connectivity index (χ3v) is 3.56. The van der Waals surface area contributed by atoms with Crippen molar-refractivity contribution in [3.8, 4) is 0 Å². The summed E-state index contributed by atoms with van der Waals surface area (Å²) in [5.41, 5.74) is 3.26. The highest BCUT2D eigenvalue weighted by molar-refractivity contribution is 6.19. The van der Waals surface area contributed by atoms with Crippen molar-refractivity contribution in [3.05, 3.63) is 65.7 Å². The monoisotopic (exact) mass is 292 g/mol. The molecule has 4 heteroatoms. The Bertz CT molecular complexity index is 751. The van der Waals surface area contributed by atoms with Crippen LogP contribution < -0.4 is 5.32 Å². The molecule has 1 amide bonds. The van der Waals surface area contributed by atoms with E-state index >= 15 is 0 Å². The highest BCUT2D eigenvalue weighted by atomic mass is 16.2. The number of hydrogen-bond acceptors (Lipinski definition) is 3. The summed E-state index contributed by atoms with van der Waals surface area (Å²) in [5, 5.41) is 2.87. The molecular weight excluding hydrogens is 276 g/mol. The lowest BCUT2D eigenvalue weighted by Crippen LogP contribution is -2.27. The summed E-state index contributed by atoms with van der Waals surface area (Å²) in [4.78, 5) is 28.3. The zero-order valence-corrected chi connectivity index (χ0v) is 12.2. The van der Waals surface area contributed by atoms with E-state index in [1.165, 1.54) is 6.92 Å². The van der Waals surface area contributed by atoms with Crippen LogP contribution in [-0.4, -0.2) is 23.4 Å². The second kappa shape index (κ2) is 5.93. The number of nitrogens with zero attached hydrogens (tertiary/aromatic N) is 1. The van der Waals surface area contributed by atoms with Gasteiger partial charge in [0, 0.05) is 17.5 Å². The molecule has 22 heavy (non-hydrogen) atoms. The predicted octanol–water partition coefficient (Wildman–Crippen LogP) is 2.82. The molecule has 0 radical (unpaired) electrons. The Morgan fingerprint density at radius 2 is 1.77 bits per heavy atom. The van der Waals surface area contributed by atoms with Crippen LogP contribution in [0.2, 0.25) is 0 Å². The fraction of sp³-hybridized carbons (Fsp3) is 0.167. The maximum Gasteiger partial charge on any atom is 0.249 e. The maximum atomic E-state index is 12.3. The molecule has 1 aliphatic rings. The van der Waals surface area contributed by atoms with E-state index in [9.17, 15) is 9.59 Å². The van der Waals surface area contributed by atoms with Crippen molar-refractivity contribution in [2.75, 3.05) is 5.32 Å². The van der Waals surface area contributed by atoms with Crippen LogP contribution in [0, 0.1) is 0 Å². The van der Waals surface area contributed by atoms with Gasteiger partial charge in [-0.15, -0.1) is 0 Å². The van der Waals surface area contributed by atoms with Gasteiger partial charge >= 0.3 is 0 Å². The number of nitrogens with one attached hydrogen (secondary N) is 1. The number of rotatable bonds is 3. The molecule has 0 aliphatic carbocycles. The van der Waals surface area contributed by atoms with Crippen LogP contribution in [-0.2, 0) is 9.59 Å². The lowest BCUT2D eigenvalue weighted by molar-refractivity contribution is -0.122. The predicted molar refractivity (Wildman–Crippen MR) is 86.2 cm³/mol. The lowest BCUT2D eigenvalue weighted by Gasteiger charge is -2.09. The number of benzene rings is 2. The van der Waals surface area contributed by atoms with Crippen LogP contribution in [0.15, 0.2) is 59.6 Å². The highest BCUT2D eigenvalue weighted by Crippen LogP contribution is 2.24. The summed E-state index contributed by atoms with van der Waals surface area (Å²) in [6, 6.07) is 16.6. The molecular formula is C18H16N2O2. The average Bonchev–Trinajstić information content (AvgIpc) is 2.65. The molecule has 0 spiro atoms. The van der Waals surface area contributed by atoms with Gasteiger partial charge in [-0.2, -0.15) is 0 Å². The Hall–Kier alpha value is -2.75. The first-order valence-corrected chi connectivity index (χ1v) is 7.18. The molecule has 0 fully saturated rings. The van der Waals surface area contributed by atoms with Gasteiger partial charge in [0.2, 0.25) is 5.91 Å². The first-order chi connectivity index (χ1) is 10.6. The van der Waals surface area contributed by atoms with Crippen molar-refractivity contribution in [1.29, 1.82) is 0 Å². The van der Waals surface area contributed by atoms with Crippen LogP contribution in [0.5, 0.6) is 0 Å². The Morgan fingerprint density at radius 1 is 1.09 bits per heavy atom. The van der Waals surface area contributed by atoms with Crippen molar-refractivity contribution in [3.63, 3.8) is 0 Å². The normalized spacial score (nSPS) is 17.0. The third-order valence-electron chi connectivity index (χ3n) is 3.56. The van der Waals surface area contributed by atoms with Crippen LogP contribution >= 0.6 is 0 Å². The van der Waals surface area contributed by atoms with Crippen LogP contribution in [0.4, 0.5) is 5.69 Å². The molecule has 1 aliphatic heterocycles. The average molecular weight is 292 g/mol. The largest absolute Gasteiger partial charge is 0.324 e. The number of benzodiazepines with no additional fused rings is 1. The standard InChI is InChI=1S/C18H16N2O2/c1-12(21)11-16-18(22)20-15-10-6-5-9-14(15)17(19-16)13-7-3-2-4-8-13/h2-10,16H,11H2,1H3,(H,20,22). The zero-order chi connectivity index (χ0) is 15.5. The first-order valence-electron chi connectivity index (χ1n) is 7.18. The number of carbonyl (C=O) groups excluding carboxylic acids is 2. The van der Waals surface area contributed by atoms with E-state index < -0.39 is 6.04 Å². The van der Waals surface area contributed by atoms with Crippen molar-refractivity contribution in [2.45, 2.75) is 19.4 Å². The number of Topliss-reactive ketones (excluding diaryl/α,β-unsaturated/α-hetero) is 1. The Balaban J connectivity index is 2.15. The number of amides is 1. The van der Waals surface area contributed by atoms with Crippen molar-refractivity contribution >= 4 is 23.1 Å². The van der Waals surface area contributed by atoms with E-state index in [-0.39, 0.29) is 18.1 Å². The fourth-order valence-electron chi connectivity index (χ4n) is 2.54. The first kappa shape index (κ1) is 14.2. The van der Waals surface area contributed by atoms with Gasteiger partial charge in [-0.1, -0.05) is 48.5 Å². The smallest absolute Gasteiger partial charge is 0.249 e. The van der Waals surface area contributed by atoms with Gasteiger partial charge < -0.3 is 5.32 Å². The number of fused-ring (bicyclic) bond motifs is 1. The molecule has 0 aromatic heterocycles. The number of carbonyl (C=O) groups is 2. The summed E-state index contributed by atoms with van der Waals surface area (Å²) in [5.74, 6) is -0.296. The van der Waals surface area contributed by atoms with Gasteiger partial charge in [0.1, 0.15) is 11.8 Å². The zero-order valence-electron chi connectivity index (χ0n) is 12.2. The van der Waals surface area contributed by atoms with Gasteiger partial charge in [0.15, 0.2) is 0 Å². The van der Waals surface area contributed by atoms with Gasteiger partial charge in [-0.3, -0.25) is 14.6 Å². The summed E-state index contributed by atoms with van der Waals surface area (Å²) < 4.78 is 0. The molecule has 2 aromatic rings. The van der Waals surface area contributed by atoms with Gasteiger partial charge in [-0.25, -0.2) is 0 Å². The van der Waals surface area contributed by atoms with Gasteiger partial charge in [-0.05, 0) is 13.0 Å². The molecule has 0 saturated heterocycles. The molecule has 2 aromatic carbocycles. The number of anilines is 1. The molecule has 3 rings (SSSR count). The Labute approximate surface area is 128 Å². The van der Waals surface area contributed by atoms with Crippen LogP contribution in [0.25, 0.3) is 0 Å². The summed E-state index contributed by atoms with van der Waals surface area (Å²) >= 11 is 0. The van der Waals surface area contributed by atoms with Crippen molar-refractivity contribution < 1.29 is 9.59 Å². The summed E-state index contributed by atoms with van der Waals surface area (Å²) in [7, 11) is 0. The minimum absolute atomic E-state index is 0.0535. The molecule has 1 atom stereocenters. The topological polar surface area (TPSA) is 58.5 Å². The number of ketones is 1. The molecule has 1 N–H and O–H groups in total. The summed E-state index contributed by atoms with van der Waals surface area (Å²) in [6.45, 7) is 1.48. The number of aliphatic imine (C=N–C) groups is 1. The third kappa shape index (κ3) is 2.81. The van der Waals surface area contributed by atoms with E-state index in [2.05, 4.69) is 10.3 Å². The molecule has 1 heterocycles. The molecule has 0 bridgehead atoms. The maximum absolute atomic E-state index is 12.3. The van der Waals surface area contributed by atoms with E-state index in [0.717, 1.165) is 22.5 Å². The van der Waals surface area contributed by atoms with Crippen molar-refractivity contribution in [1.82, 2.24) is 0 Å². The lowest BCUT2D eigenvalue weighted by atomic mass is 10.0. The minimum atomic E-state index is -0.694. The van der Waals surface area contributed by atoms with E-state index in [0.29, 0.717) is 0 Å². The molecule has 110 valence electrons. The SMILES string of the molecule is CC(=O)CC1N=C(c2ccccc2)c2ccccc2NC1=O. The second-order valence-electron chi connectivity index (χ2n) is 5.30. The second-order valence-corrected chi connectivity index (χ2v) is 5.30. The van der Waals surface area contributed by atoms with Gasteiger partial charge in [0.25, 0.3) is 0 Å². The van der Waals surface area contributed by atoms with E-state index in [4.69, 9.17) is 0 Å². The van der Waals surface area contributed by atoms with Crippen LogP contribution in [0.1, 0.15) is 24.5 Å². The fourth-order valence-corrected chi connectivity index (χ4v) is 2.54. The van der Waals surface area contributed by atoms with Crippen molar-refractivity contribution in [2.24, 2.45) is 4.99 Å². The van der Waals surface area contributed by atoms with Crippen LogP contribution in [0.3, 0.4) is 0 Å². The number of para-hydroxylation sites is 1. The number of hydrogen-bond donors (Lipinski definition) is 1. The van der Waals surface area contributed by atoms with E-state index in [1.807, 2.05) is 54.6 Å². The molecule has 1 unspecified atom stereocenters. The summed E-state index contributed by atoms with van der Waals surface area (Å²) in [6.07, 6.45) is 0.107. The molecule has 4 nitrogen and oxygen atoms in total. The minimum Gasteiger partial charge on any atom is -0.324 e.